The van der Waals surface area contributed by atoms with E-state index in [1.807, 2.05) is 5.32 Å². The number of carbonyl (C=O) groups excluding carboxylic acids is 4. The van der Waals surface area contributed by atoms with E-state index in [1.54, 1.807) is 0 Å². The lowest BCUT2D eigenvalue weighted by atomic mass is 10.0. The summed E-state index contributed by atoms with van der Waals surface area (Å²) in [5.74, 6) is -4.99. The lowest BCUT2D eigenvalue weighted by molar-refractivity contribution is -0.275. The van der Waals surface area contributed by atoms with Gasteiger partial charge in [-0.2, -0.15) is 8.42 Å². The summed E-state index contributed by atoms with van der Waals surface area (Å²) in [7, 11) is -4.95. The number of alkyl halides is 3. The van der Waals surface area contributed by atoms with Crippen LogP contribution in [0.25, 0.3) is 0 Å². The van der Waals surface area contributed by atoms with Crippen molar-refractivity contribution in [2.24, 2.45) is 0 Å². The molecule has 4 amide bonds. The molecule has 0 aliphatic carbocycles. The van der Waals surface area contributed by atoms with Gasteiger partial charge in [0.25, 0.3) is 11.8 Å². The predicted molar refractivity (Wildman–Crippen MR) is 108 cm³/mol. The summed E-state index contributed by atoms with van der Waals surface area (Å²) >= 11 is 0. The van der Waals surface area contributed by atoms with Crippen LogP contribution in [0.15, 0.2) is 41.3 Å². The number of hydrogen-bond donors (Lipinski definition) is 2. The van der Waals surface area contributed by atoms with Crippen LogP contribution in [-0.4, -0.2) is 49.4 Å². The van der Waals surface area contributed by atoms with Crippen molar-refractivity contribution in [1.29, 1.82) is 0 Å². The number of imide groups is 2. The Labute approximate surface area is 194 Å². The quantitative estimate of drug-likeness (QED) is 0.341. The average molecular weight is 513 g/mol. The summed E-state index contributed by atoms with van der Waals surface area (Å²) in [5, 5.41) is 2.02. The van der Waals surface area contributed by atoms with Crippen LogP contribution in [-0.2, 0) is 19.7 Å². The fraction of sp³-hybridized carbons (Fsp3) is 0.200. The van der Waals surface area contributed by atoms with E-state index in [1.165, 1.54) is 0 Å². The number of piperidine rings is 1. The number of hydrogen-bond acceptors (Lipinski definition) is 9. The molecule has 15 heteroatoms. The molecule has 35 heavy (non-hydrogen) atoms. The Bertz CT molecular complexity index is 1390. The Balaban J connectivity index is 1.67. The maximum atomic E-state index is 12.9. The first-order valence-electron chi connectivity index (χ1n) is 9.73. The van der Waals surface area contributed by atoms with E-state index < -0.39 is 68.2 Å². The van der Waals surface area contributed by atoms with Crippen LogP contribution in [0.5, 0.6) is 11.5 Å². The van der Waals surface area contributed by atoms with Crippen molar-refractivity contribution in [2.45, 2.75) is 30.1 Å². The summed E-state index contributed by atoms with van der Waals surface area (Å²) in [6.07, 6.45) is -5.41. The summed E-state index contributed by atoms with van der Waals surface area (Å²) < 4.78 is 72.1. The first kappa shape index (κ1) is 24.0. The zero-order valence-electron chi connectivity index (χ0n) is 17.3. The number of rotatable bonds is 5. The van der Waals surface area contributed by atoms with Crippen molar-refractivity contribution in [3.05, 3.63) is 47.5 Å². The van der Waals surface area contributed by atoms with Gasteiger partial charge in [0.15, 0.2) is 11.5 Å². The minimum absolute atomic E-state index is 0.112. The number of halogens is 3. The summed E-state index contributed by atoms with van der Waals surface area (Å²) in [5.41, 5.74) is 4.77. The molecule has 11 nitrogen and oxygen atoms in total. The summed E-state index contributed by atoms with van der Waals surface area (Å²) in [6, 6.07) is 4.31. The molecule has 4 rings (SSSR count). The monoisotopic (exact) mass is 513 g/mol. The molecular weight excluding hydrogens is 499 g/mol. The lowest BCUT2D eigenvalue weighted by Gasteiger charge is -2.27. The molecule has 2 heterocycles. The van der Waals surface area contributed by atoms with Crippen molar-refractivity contribution in [1.82, 2.24) is 10.2 Å². The molecule has 2 aromatic rings. The topological polar surface area (TPSA) is 162 Å². The molecule has 2 aliphatic rings. The molecule has 1 atom stereocenters. The minimum atomic E-state index is -5.19. The number of ether oxygens (including phenoxy) is 1. The van der Waals surface area contributed by atoms with Crippen molar-refractivity contribution in [3.8, 4) is 11.5 Å². The van der Waals surface area contributed by atoms with Gasteiger partial charge in [0, 0.05) is 6.42 Å². The van der Waals surface area contributed by atoms with Crippen molar-refractivity contribution >= 4 is 39.4 Å². The standard InChI is InChI=1S/C20H14F3N3O8S/c21-20(22,23)33-13-3-1-2-4-15(13)35(31,32)34-14-8-10-9(7-11(14)24)18(29)26(19(10)30)12-5-6-16(27)25-17(12)28/h1-4,7-8,12H,5-6,24H2,(H,25,27,28). The lowest BCUT2D eigenvalue weighted by Crippen LogP contribution is -2.54. The fourth-order valence-electron chi connectivity index (χ4n) is 3.61. The van der Waals surface area contributed by atoms with E-state index in [-0.39, 0.29) is 24.0 Å². The number of nitrogens with one attached hydrogen (secondary N) is 1. The third-order valence-electron chi connectivity index (χ3n) is 5.11. The second-order valence-electron chi connectivity index (χ2n) is 7.41. The zero-order valence-corrected chi connectivity index (χ0v) is 18.1. The smallest absolute Gasteiger partial charge is 0.404 e. The number of benzene rings is 2. The molecule has 0 spiro atoms. The number of carbonyl (C=O) groups is 4. The highest BCUT2D eigenvalue weighted by atomic mass is 32.2. The minimum Gasteiger partial charge on any atom is -0.404 e. The first-order valence-corrected chi connectivity index (χ1v) is 11.1. The van der Waals surface area contributed by atoms with E-state index in [0.717, 1.165) is 36.4 Å². The normalized spacial score (nSPS) is 18.4. The van der Waals surface area contributed by atoms with Gasteiger partial charge in [0.1, 0.15) is 10.9 Å². The molecular formula is C20H14F3N3O8S. The second kappa shape index (κ2) is 8.26. The molecule has 2 aromatic carbocycles. The van der Waals surface area contributed by atoms with Gasteiger partial charge < -0.3 is 14.7 Å². The number of nitrogen functional groups attached to an aromatic ring is 1. The zero-order chi connectivity index (χ0) is 25.7. The van der Waals surface area contributed by atoms with E-state index in [9.17, 15) is 40.8 Å². The van der Waals surface area contributed by atoms with Gasteiger partial charge in [0.2, 0.25) is 11.8 Å². The number of nitrogens with two attached hydrogens (primary N) is 1. The highest BCUT2D eigenvalue weighted by Crippen LogP contribution is 2.37. The van der Waals surface area contributed by atoms with Crippen molar-refractivity contribution in [2.75, 3.05) is 5.73 Å². The van der Waals surface area contributed by atoms with Gasteiger partial charge in [-0.1, -0.05) is 12.1 Å². The van der Waals surface area contributed by atoms with Crippen LogP contribution < -0.4 is 20.0 Å². The molecule has 0 saturated carbocycles. The molecule has 1 fully saturated rings. The predicted octanol–water partition coefficient (Wildman–Crippen LogP) is 1.34. The van der Waals surface area contributed by atoms with Gasteiger partial charge in [-0.3, -0.25) is 29.4 Å². The van der Waals surface area contributed by atoms with Gasteiger partial charge in [-0.05, 0) is 30.7 Å². The van der Waals surface area contributed by atoms with Crippen molar-refractivity contribution < 1.29 is 49.7 Å². The maximum Gasteiger partial charge on any atom is 0.573 e. The van der Waals surface area contributed by atoms with Gasteiger partial charge in [-0.15, -0.1) is 13.2 Å². The van der Waals surface area contributed by atoms with Crippen LogP contribution >= 0.6 is 0 Å². The molecule has 2 aliphatic heterocycles. The summed E-state index contributed by atoms with van der Waals surface area (Å²) in [6.45, 7) is 0. The number of nitrogens with zero attached hydrogens (tertiary/aromatic N) is 1. The molecule has 0 aromatic heterocycles. The van der Waals surface area contributed by atoms with Crippen LogP contribution in [0, 0.1) is 0 Å². The van der Waals surface area contributed by atoms with Gasteiger partial charge in [0.05, 0.1) is 16.8 Å². The largest absolute Gasteiger partial charge is 0.573 e. The number of amides is 4. The molecule has 3 N–H and O–H groups in total. The molecule has 1 unspecified atom stereocenters. The number of anilines is 1. The number of para-hydroxylation sites is 1. The van der Waals surface area contributed by atoms with E-state index in [0.29, 0.717) is 4.90 Å². The van der Waals surface area contributed by atoms with Gasteiger partial charge >= 0.3 is 16.5 Å². The summed E-state index contributed by atoms with van der Waals surface area (Å²) in [4.78, 5) is 48.8. The highest BCUT2D eigenvalue weighted by Gasteiger charge is 2.45. The maximum absolute atomic E-state index is 12.9. The Kier molecular flexibility index (Phi) is 5.67. The van der Waals surface area contributed by atoms with E-state index in [4.69, 9.17) is 9.92 Å². The molecule has 0 radical (unpaired) electrons. The Morgan fingerprint density at radius 1 is 1.00 bits per heavy atom. The van der Waals surface area contributed by atoms with Gasteiger partial charge in [-0.25, -0.2) is 0 Å². The molecule has 0 bridgehead atoms. The Morgan fingerprint density at radius 2 is 1.63 bits per heavy atom. The average Bonchev–Trinajstić information content (AvgIpc) is 2.97. The first-order chi connectivity index (χ1) is 16.3. The fourth-order valence-corrected chi connectivity index (χ4v) is 4.69. The van der Waals surface area contributed by atoms with Crippen LogP contribution in [0.2, 0.25) is 0 Å². The van der Waals surface area contributed by atoms with Crippen LogP contribution in [0.3, 0.4) is 0 Å². The van der Waals surface area contributed by atoms with E-state index >= 15 is 0 Å². The van der Waals surface area contributed by atoms with E-state index in [2.05, 4.69) is 4.74 Å². The number of fused-ring (bicyclic) bond motifs is 1. The van der Waals surface area contributed by atoms with Crippen LogP contribution in [0.4, 0.5) is 18.9 Å². The van der Waals surface area contributed by atoms with Crippen molar-refractivity contribution in [3.63, 3.8) is 0 Å². The third-order valence-corrected chi connectivity index (χ3v) is 6.39. The SMILES string of the molecule is Nc1cc2c(cc1OS(=O)(=O)c1ccccc1OC(F)(F)F)C(=O)N(C1CCC(=O)NC1=O)C2=O. The second-order valence-corrected chi connectivity index (χ2v) is 8.93. The third kappa shape index (κ3) is 4.49. The molecule has 184 valence electrons. The highest BCUT2D eigenvalue weighted by molar-refractivity contribution is 7.87. The molecule has 1 saturated heterocycles. The Hall–Kier alpha value is -4.14. The van der Waals surface area contributed by atoms with Crippen LogP contribution in [0.1, 0.15) is 33.6 Å². The Morgan fingerprint density at radius 3 is 2.26 bits per heavy atom.